The average molecular weight is 487 g/mol. The summed E-state index contributed by atoms with van der Waals surface area (Å²) in [6, 6.07) is 12.4. The number of thiazole rings is 1. The van der Waals surface area contributed by atoms with Crippen molar-refractivity contribution in [2.45, 2.75) is 4.90 Å². The Morgan fingerprint density at radius 1 is 1.08 bits per heavy atom. The van der Waals surface area contributed by atoms with Crippen LogP contribution in [0.4, 0.5) is 10.8 Å². The average Bonchev–Trinajstić information content (AvgIpc) is 3.03. The summed E-state index contributed by atoms with van der Waals surface area (Å²) in [6.45, 7) is 0. The lowest BCUT2D eigenvalue weighted by atomic mass is 10.2. The van der Waals surface area contributed by atoms with Crippen molar-refractivity contribution >= 4 is 54.8 Å². The molecule has 2 aromatic carbocycles. The van der Waals surface area contributed by atoms with Crippen LogP contribution < -0.4 is 4.72 Å². The highest BCUT2D eigenvalue weighted by Gasteiger charge is 2.18. The first kappa shape index (κ1) is 17.8. The van der Waals surface area contributed by atoms with Gasteiger partial charge in [-0.2, -0.15) is 0 Å². The third kappa shape index (κ3) is 4.14. The number of hydrogen-bond donors (Lipinski definition) is 1. The van der Waals surface area contributed by atoms with Gasteiger partial charge in [-0.25, -0.2) is 13.4 Å². The number of non-ortho nitro benzene ring substituents is 1. The summed E-state index contributed by atoms with van der Waals surface area (Å²) >= 11 is 3.37. The topological polar surface area (TPSA) is 102 Å². The molecule has 0 aliphatic carbocycles. The lowest BCUT2D eigenvalue weighted by Crippen LogP contribution is -2.12. The van der Waals surface area contributed by atoms with Crippen LogP contribution in [0, 0.1) is 13.7 Å². The molecule has 128 valence electrons. The van der Waals surface area contributed by atoms with E-state index in [1.165, 1.54) is 23.5 Å². The maximum absolute atomic E-state index is 12.4. The van der Waals surface area contributed by atoms with Gasteiger partial charge in [-0.1, -0.05) is 12.1 Å². The number of sulfonamides is 1. The first-order valence-electron chi connectivity index (χ1n) is 6.84. The molecule has 0 radical (unpaired) electrons. The van der Waals surface area contributed by atoms with Gasteiger partial charge < -0.3 is 0 Å². The van der Waals surface area contributed by atoms with E-state index in [9.17, 15) is 18.5 Å². The molecule has 0 spiro atoms. The minimum absolute atomic E-state index is 0.0656. The molecule has 0 fully saturated rings. The van der Waals surface area contributed by atoms with E-state index in [0.29, 0.717) is 5.69 Å². The summed E-state index contributed by atoms with van der Waals surface area (Å²) in [5.74, 6) is 0. The zero-order valence-corrected chi connectivity index (χ0v) is 16.2. The summed E-state index contributed by atoms with van der Waals surface area (Å²) in [5.41, 5.74) is 1.38. The van der Waals surface area contributed by atoms with Gasteiger partial charge in [0.1, 0.15) is 0 Å². The summed E-state index contributed by atoms with van der Waals surface area (Å²) in [4.78, 5) is 14.3. The highest BCUT2D eigenvalue weighted by molar-refractivity contribution is 14.1. The molecular weight excluding hydrogens is 477 g/mol. The summed E-state index contributed by atoms with van der Waals surface area (Å²) in [5, 5.41) is 12.6. The maximum Gasteiger partial charge on any atom is 0.269 e. The van der Waals surface area contributed by atoms with E-state index in [4.69, 9.17) is 0 Å². The van der Waals surface area contributed by atoms with Crippen molar-refractivity contribution in [3.63, 3.8) is 0 Å². The lowest BCUT2D eigenvalue weighted by Gasteiger charge is -2.04. The molecule has 1 aromatic heterocycles. The largest absolute Gasteiger partial charge is 0.269 e. The second kappa shape index (κ2) is 7.06. The van der Waals surface area contributed by atoms with Crippen LogP contribution in [-0.2, 0) is 10.0 Å². The van der Waals surface area contributed by atoms with Crippen molar-refractivity contribution in [2.75, 3.05) is 4.72 Å². The Morgan fingerprint density at radius 3 is 2.32 bits per heavy atom. The fourth-order valence-electron chi connectivity index (χ4n) is 1.99. The van der Waals surface area contributed by atoms with Crippen molar-refractivity contribution in [1.82, 2.24) is 4.98 Å². The Kier molecular flexibility index (Phi) is 5.01. The molecule has 1 heterocycles. The van der Waals surface area contributed by atoms with E-state index in [1.54, 1.807) is 5.38 Å². The number of nitro benzene ring substituents is 1. The Bertz CT molecular complexity index is 1020. The molecule has 0 aliphatic heterocycles. The van der Waals surface area contributed by atoms with Crippen molar-refractivity contribution in [2.24, 2.45) is 0 Å². The number of anilines is 1. The second-order valence-corrected chi connectivity index (χ2v) is 8.69. The predicted molar refractivity (Wildman–Crippen MR) is 104 cm³/mol. The Morgan fingerprint density at radius 2 is 1.72 bits per heavy atom. The van der Waals surface area contributed by atoms with E-state index in [1.807, 2.05) is 24.3 Å². The predicted octanol–water partition coefficient (Wildman–Crippen LogP) is 4.12. The Balaban J connectivity index is 1.81. The fraction of sp³-hybridized carbons (Fsp3) is 0. The number of nitro groups is 1. The number of benzene rings is 2. The Hall–Kier alpha value is -2.05. The zero-order chi connectivity index (χ0) is 18.0. The molecular formula is C15H10IN3O4S2. The molecule has 3 aromatic rings. The number of rotatable bonds is 5. The maximum atomic E-state index is 12.4. The van der Waals surface area contributed by atoms with E-state index in [-0.39, 0.29) is 15.7 Å². The number of hydrogen-bond acceptors (Lipinski definition) is 6. The van der Waals surface area contributed by atoms with Crippen molar-refractivity contribution in [1.29, 1.82) is 0 Å². The molecule has 1 N–H and O–H groups in total. The first-order valence-corrected chi connectivity index (χ1v) is 10.3. The van der Waals surface area contributed by atoms with Crippen LogP contribution >= 0.6 is 33.9 Å². The molecule has 0 saturated carbocycles. The monoisotopic (exact) mass is 487 g/mol. The van der Waals surface area contributed by atoms with Crippen LogP contribution in [0.2, 0.25) is 0 Å². The molecule has 0 saturated heterocycles. The van der Waals surface area contributed by atoms with Crippen LogP contribution in [-0.4, -0.2) is 18.3 Å². The molecule has 0 bridgehead atoms. The molecule has 10 heteroatoms. The van der Waals surface area contributed by atoms with Gasteiger partial charge in [-0.05, 0) is 46.9 Å². The minimum Gasteiger partial charge on any atom is -0.258 e. The Labute approximate surface area is 161 Å². The van der Waals surface area contributed by atoms with Crippen LogP contribution in [0.15, 0.2) is 58.8 Å². The van der Waals surface area contributed by atoms with Gasteiger partial charge >= 0.3 is 0 Å². The van der Waals surface area contributed by atoms with Crippen LogP contribution in [0.1, 0.15) is 0 Å². The quantitative estimate of drug-likeness (QED) is 0.332. The third-order valence-electron chi connectivity index (χ3n) is 3.22. The zero-order valence-electron chi connectivity index (χ0n) is 12.4. The van der Waals surface area contributed by atoms with E-state index in [0.717, 1.165) is 21.3 Å². The third-order valence-corrected chi connectivity index (χ3v) is 6.18. The van der Waals surface area contributed by atoms with Crippen LogP contribution in [0.25, 0.3) is 11.3 Å². The van der Waals surface area contributed by atoms with E-state index in [2.05, 4.69) is 32.3 Å². The van der Waals surface area contributed by atoms with Crippen LogP contribution in [0.5, 0.6) is 0 Å². The second-order valence-electron chi connectivity index (χ2n) is 4.90. The van der Waals surface area contributed by atoms with Crippen molar-refractivity contribution < 1.29 is 13.3 Å². The highest BCUT2D eigenvalue weighted by atomic mass is 127. The minimum atomic E-state index is -3.86. The van der Waals surface area contributed by atoms with Crippen molar-refractivity contribution in [3.8, 4) is 11.3 Å². The SMILES string of the molecule is O=[N+]([O-])c1ccc(S(=O)(=O)Nc2nc(-c3ccc(I)cc3)cs2)cc1. The van der Waals surface area contributed by atoms with Crippen molar-refractivity contribution in [3.05, 3.63) is 67.6 Å². The summed E-state index contributed by atoms with van der Waals surface area (Å²) < 4.78 is 28.2. The molecule has 0 unspecified atom stereocenters. The van der Waals surface area contributed by atoms with Gasteiger partial charge in [0.25, 0.3) is 15.7 Å². The van der Waals surface area contributed by atoms with E-state index >= 15 is 0 Å². The van der Waals surface area contributed by atoms with Gasteiger partial charge in [0.2, 0.25) is 0 Å². The smallest absolute Gasteiger partial charge is 0.258 e. The van der Waals surface area contributed by atoms with Gasteiger partial charge in [0.15, 0.2) is 5.13 Å². The van der Waals surface area contributed by atoms with E-state index < -0.39 is 14.9 Å². The summed E-state index contributed by atoms with van der Waals surface area (Å²) in [6.07, 6.45) is 0. The molecule has 3 rings (SSSR count). The first-order chi connectivity index (χ1) is 11.8. The van der Waals surface area contributed by atoms with Gasteiger partial charge in [0.05, 0.1) is 15.5 Å². The van der Waals surface area contributed by atoms with Gasteiger partial charge in [0, 0.05) is 26.6 Å². The standard InChI is InChI=1S/C15H10IN3O4S2/c16-11-3-1-10(2-4-11)14-9-24-15(17-14)18-25(22,23)13-7-5-12(6-8-13)19(20)21/h1-9H,(H,17,18). The highest BCUT2D eigenvalue weighted by Crippen LogP contribution is 2.27. The van der Waals surface area contributed by atoms with Gasteiger partial charge in [-0.3, -0.25) is 14.8 Å². The fourth-order valence-corrected chi connectivity index (χ4v) is 4.33. The number of nitrogens with zero attached hydrogens (tertiary/aromatic N) is 2. The molecule has 7 nitrogen and oxygen atoms in total. The molecule has 25 heavy (non-hydrogen) atoms. The summed E-state index contributed by atoms with van der Waals surface area (Å²) in [7, 11) is -3.86. The molecule has 0 amide bonds. The van der Waals surface area contributed by atoms with Gasteiger partial charge in [-0.15, -0.1) is 11.3 Å². The van der Waals surface area contributed by atoms with Crippen LogP contribution in [0.3, 0.4) is 0 Å². The molecule has 0 aliphatic rings. The number of halogens is 1. The number of aromatic nitrogens is 1. The normalized spacial score (nSPS) is 11.2. The number of nitrogens with one attached hydrogen (secondary N) is 1. The molecule has 0 atom stereocenters. The lowest BCUT2D eigenvalue weighted by molar-refractivity contribution is -0.384.